The molecule has 2 aromatic heterocycles. The van der Waals surface area contributed by atoms with Crippen molar-refractivity contribution in [2.45, 2.75) is 39.5 Å². The third-order valence-corrected chi connectivity index (χ3v) is 6.39. The Labute approximate surface area is 178 Å². The maximum atomic E-state index is 12.7. The van der Waals surface area contributed by atoms with E-state index in [-0.39, 0.29) is 0 Å². The van der Waals surface area contributed by atoms with E-state index in [1.54, 1.807) is 6.07 Å². The van der Waals surface area contributed by atoms with Crippen LogP contribution >= 0.6 is 11.3 Å². The molecule has 1 N–H and O–H groups in total. The second-order valence-electron chi connectivity index (χ2n) is 7.48. The summed E-state index contributed by atoms with van der Waals surface area (Å²) in [6.07, 6.45) is 3.96. The number of pyridine rings is 1. The number of hydrogen-bond donors (Lipinski definition) is 1. The highest BCUT2D eigenvalue weighted by atomic mass is 32.1. The molecule has 1 amide bonds. The fourth-order valence-electron chi connectivity index (χ4n) is 3.78. The fraction of sp³-hybridized carbons (Fsp3) is 0.304. The highest BCUT2D eigenvalue weighted by Gasteiger charge is 2.22. The minimum Gasteiger partial charge on any atom is -0.452 e. The van der Waals surface area contributed by atoms with Crippen LogP contribution in [0.25, 0.3) is 10.9 Å². The lowest BCUT2D eigenvalue weighted by Gasteiger charge is -2.10. The van der Waals surface area contributed by atoms with E-state index >= 15 is 0 Å². The molecular formula is C23H21N3O3S. The molecule has 0 unspecified atom stereocenters. The minimum atomic E-state index is -0.572. The van der Waals surface area contributed by atoms with Gasteiger partial charge in [0.1, 0.15) is 11.1 Å². The third kappa shape index (κ3) is 3.91. The Morgan fingerprint density at radius 1 is 1.23 bits per heavy atom. The molecule has 30 heavy (non-hydrogen) atoms. The zero-order chi connectivity index (χ0) is 21.3. The molecule has 0 radical (unpaired) electrons. The number of anilines is 1. The summed E-state index contributed by atoms with van der Waals surface area (Å²) in [6.45, 7) is 3.33. The number of aromatic nitrogens is 1. The number of ether oxygens (including phenoxy) is 1. The predicted octanol–water partition coefficient (Wildman–Crippen LogP) is 4.46. The zero-order valence-electron chi connectivity index (χ0n) is 16.9. The monoisotopic (exact) mass is 419 g/mol. The third-order valence-electron chi connectivity index (χ3n) is 5.18. The SMILES string of the molecule is Cc1ccc2nc(C)cc(C(=O)OCC(=O)Nc3sc4c(c3C#N)CCCC4)c2c1. The summed E-state index contributed by atoms with van der Waals surface area (Å²) in [4.78, 5) is 30.7. The van der Waals surface area contributed by atoms with Crippen LogP contribution in [0.1, 0.15) is 50.5 Å². The first-order chi connectivity index (χ1) is 14.5. The van der Waals surface area contributed by atoms with Crippen LogP contribution in [0.2, 0.25) is 0 Å². The quantitative estimate of drug-likeness (QED) is 0.631. The summed E-state index contributed by atoms with van der Waals surface area (Å²) in [5.41, 5.74) is 4.39. The van der Waals surface area contributed by atoms with Crippen LogP contribution in [0, 0.1) is 25.2 Å². The summed E-state index contributed by atoms with van der Waals surface area (Å²) in [7, 11) is 0. The van der Waals surface area contributed by atoms with Crippen LogP contribution < -0.4 is 5.32 Å². The van der Waals surface area contributed by atoms with E-state index in [0.29, 0.717) is 32.7 Å². The molecule has 0 fully saturated rings. The normalized spacial score (nSPS) is 12.8. The molecule has 4 rings (SSSR count). The van der Waals surface area contributed by atoms with Crippen molar-refractivity contribution in [1.82, 2.24) is 4.98 Å². The van der Waals surface area contributed by atoms with Crippen molar-refractivity contribution in [3.05, 3.63) is 57.1 Å². The molecule has 1 aliphatic carbocycles. The van der Waals surface area contributed by atoms with Crippen LogP contribution in [0.3, 0.4) is 0 Å². The van der Waals surface area contributed by atoms with Gasteiger partial charge in [-0.25, -0.2) is 4.79 Å². The molecule has 1 aliphatic rings. The summed E-state index contributed by atoms with van der Waals surface area (Å²) < 4.78 is 5.28. The largest absolute Gasteiger partial charge is 0.452 e. The Balaban J connectivity index is 1.48. The number of carbonyl (C=O) groups is 2. The van der Waals surface area contributed by atoms with Gasteiger partial charge in [-0.15, -0.1) is 11.3 Å². The topological polar surface area (TPSA) is 92.1 Å². The van der Waals surface area contributed by atoms with Gasteiger partial charge in [0.15, 0.2) is 6.61 Å². The molecule has 0 bridgehead atoms. The molecule has 0 saturated carbocycles. The average molecular weight is 420 g/mol. The van der Waals surface area contributed by atoms with Crippen LogP contribution in [0.15, 0.2) is 24.3 Å². The van der Waals surface area contributed by atoms with E-state index in [1.807, 2.05) is 32.0 Å². The van der Waals surface area contributed by atoms with Crippen molar-refractivity contribution in [1.29, 1.82) is 5.26 Å². The Kier molecular flexibility index (Phi) is 5.51. The number of amides is 1. The Bertz CT molecular complexity index is 1210. The van der Waals surface area contributed by atoms with Gasteiger partial charge in [0.05, 0.1) is 16.6 Å². The number of carbonyl (C=O) groups excluding carboxylic acids is 2. The molecule has 152 valence electrons. The number of fused-ring (bicyclic) bond motifs is 2. The van der Waals surface area contributed by atoms with Crippen LogP contribution in [-0.2, 0) is 22.4 Å². The number of nitrogens with zero attached hydrogens (tertiary/aromatic N) is 2. The number of benzene rings is 1. The highest BCUT2D eigenvalue weighted by molar-refractivity contribution is 7.16. The molecule has 1 aromatic carbocycles. The van der Waals surface area contributed by atoms with E-state index < -0.39 is 18.5 Å². The van der Waals surface area contributed by atoms with E-state index in [4.69, 9.17) is 4.74 Å². The number of hydrogen-bond acceptors (Lipinski definition) is 6. The van der Waals surface area contributed by atoms with Crippen molar-refractivity contribution in [3.8, 4) is 6.07 Å². The van der Waals surface area contributed by atoms with E-state index in [1.165, 1.54) is 16.2 Å². The van der Waals surface area contributed by atoms with Gasteiger partial charge in [-0.05, 0) is 63.3 Å². The van der Waals surface area contributed by atoms with Gasteiger partial charge in [-0.2, -0.15) is 5.26 Å². The second kappa shape index (κ2) is 8.25. The molecule has 3 aromatic rings. The van der Waals surface area contributed by atoms with E-state index in [2.05, 4.69) is 16.4 Å². The number of rotatable bonds is 4. The summed E-state index contributed by atoms with van der Waals surface area (Å²) >= 11 is 1.45. The summed E-state index contributed by atoms with van der Waals surface area (Å²) in [6, 6.07) is 9.56. The van der Waals surface area contributed by atoms with E-state index in [0.717, 1.165) is 36.8 Å². The first-order valence-corrected chi connectivity index (χ1v) is 10.7. The van der Waals surface area contributed by atoms with Crippen molar-refractivity contribution in [2.75, 3.05) is 11.9 Å². The Morgan fingerprint density at radius 3 is 2.83 bits per heavy atom. The van der Waals surface area contributed by atoms with Gasteiger partial charge in [0, 0.05) is 16.0 Å². The maximum Gasteiger partial charge on any atom is 0.339 e. The molecule has 2 heterocycles. The van der Waals surface area contributed by atoms with Gasteiger partial charge in [-0.3, -0.25) is 9.78 Å². The smallest absolute Gasteiger partial charge is 0.339 e. The molecule has 0 spiro atoms. The minimum absolute atomic E-state index is 0.387. The predicted molar refractivity (Wildman–Crippen MR) is 116 cm³/mol. The number of esters is 1. The number of thiophene rings is 1. The summed E-state index contributed by atoms with van der Waals surface area (Å²) in [5.74, 6) is -1.03. The lowest BCUT2D eigenvalue weighted by atomic mass is 9.96. The molecular weight excluding hydrogens is 398 g/mol. The van der Waals surface area contributed by atoms with E-state index in [9.17, 15) is 14.9 Å². The standard InChI is InChI=1S/C23H21N3O3S/c1-13-7-8-19-16(9-13)17(10-14(2)25-19)23(28)29-12-21(27)26-22-18(11-24)15-5-3-4-6-20(15)30-22/h7-10H,3-6,12H2,1-2H3,(H,26,27). The number of nitriles is 1. The zero-order valence-corrected chi connectivity index (χ0v) is 17.7. The Morgan fingerprint density at radius 2 is 2.03 bits per heavy atom. The lowest BCUT2D eigenvalue weighted by Crippen LogP contribution is -2.21. The first-order valence-electron chi connectivity index (χ1n) is 9.86. The molecule has 0 saturated heterocycles. The average Bonchev–Trinajstić information content (AvgIpc) is 3.08. The van der Waals surface area contributed by atoms with Crippen LogP contribution in [0.5, 0.6) is 0 Å². The first kappa shape index (κ1) is 20.0. The van der Waals surface area contributed by atoms with Gasteiger partial charge in [-0.1, -0.05) is 11.6 Å². The van der Waals surface area contributed by atoms with Gasteiger partial charge in [0.2, 0.25) is 0 Å². The fourth-order valence-corrected chi connectivity index (χ4v) is 5.04. The van der Waals surface area contributed by atoms with Gasteiger partial charge < -0.3 is 10.1 Å². The molecule has 6 nitrogen and oxygen atoms in total. The van der Waals surface area contributed by atoms with Crippen LogP contribution in [0.4, 0.5) is 5.00 Å². The molecule has 0 aliphatic heterocycles. The van der Waals surface area contributed by atoms with Gasteiger partial charge >= 0.3 is 5.97 Å². The lowest BCUT2D eigenvalue weighted by molar-refractivity contribution is -0.119. The number of nitrogens with one attached hydrogen (secondary N) is 1. The second-order valence-corrected chi connectivity index (χ2v) is 8.59. The van der Waals surface area contributed by atoms with Crippen molar-refractivity contribution in [2.24, 2.45) is 0 Å². The number of aryl methyl sites for hydroxylation is 3. The highest BCUT2D eigenvalue weighted by Crippen LogP contribution is 2.37. The van der Waals surface area contributed by atoms with Gasteiger partial charge in [0.25, 0.3) is 5.91 Å². The Hall–Kier alpha value is -3.24. The van der Waals surface area contributed by atoms with Crippen molar-refractivity contribution in [3.63, 3.8) is 0 Å². The van der Waals surface area contributed by atoms with Crippen molar-refractivity contribution >= 4 is 39.1 Å². The summed E-state index contributed by atoms with van der Waals surface area (Å²) in [5, 5.41) is 13.5. The van der Waals surface area contributed by atoms with Crippen LogP contribution in [-0.4, -0.2) is 23.5 Å². The maximum absolute atomic E-state index is 12.7. The molecule has 7 heteroatoms. The van der Waals surface area contributed by atoms with Crippen molar-refractivity contribution < 1.29 is 14.3 Å². The molecule has 0 atom stereocenters.